The van der Waals surface area contributed by atoms with Gasteiger partial charge >= 0.3 is 13.9 Å². The maximum Gasteiger partial charge on any atom is 0.697 e. The van der Waals surface area contributed by atoms with Crippen LogP contribution in [-0.4, -0.2) is 51.5 Å². The van der Waals surface area contributed by atoms with Crippen molar-refractivity contribution in [3.05, 3.63) is 33.1 Å². The van der Waals surface area contributed by atoms with Crippen molar-refractivity contribution < 1.29 is 28.3 Å². The van der Waals surface area contributed by atoms with Gasteiger partial charge < -0.3 is 9.84 Å². The number of nitrogens with one attached hydrogen (secondary N) is 1. The third-order valence-electron chi connectivity index (χ3n) is 4.41. The lowest BCUT2D eigenvalue weighted by Crippen LogP contribution is -2.33. The second-order valence-corrected chi connectivity index (χ2v) is 9.44. The summed E-state index contributed by atoms with van der Waals surface area (Å²) in [5.41, 5.74) is -1.86. The third-order valence-corrected chi connectivity index (χ3v) is 6.34. The zero-order chi connectivity index (χ0) is 21.6. The molecule has 0 saturated carbocycles. The van der Waals surface area contributed by atoms with Gasteiger partial charge in [-0.2, -0.15) is 0 Å². The Morgan fingerprint density at radius 3 is 2.83 bits per heavy atom. The van der Waals surface area contributed by atoms with E-state index in [4.69, 9.17) is 18.9 Å². The molecule has 10 nitrogen and oxygen atoms in total. The fourth-order valence-corrected chi connectivity index (χ4v) is 4.21. The van der Waals surface area contributed by atoms with Gasteiger partial charge in [-0.25, -0.2) is 4.79 Å². The van der Waals surface area contributed by atoms with Gasteiger partial charge in [0.1, 0.15) is 19.4 Å². The maximum atomic E-state index is 11.9. The Morgan fingerprint density at radius 1 is 1.45 bits per heavy atom. The van der Waals surface area contributed by atoms with E-state index < -0.39 is 31.1 Å². The number of rotatable bonds is 10. The molecule has 29 heavy (non-hydrogen) atoms. The molecule has 0 spiro atoms. The summed E-state index contributed by atoms with van der Waals surface area (Å²) in [6.45, 7) is 5.03. The van der Waals surface area contributed by atoms with E-state index in [0.29, 0.717) is 12.2 Å². The van der Waals surface area contributed by atoms with E-state index in [2.05, 4.69) is 4.98 Å². The second-order valence-electron chi connectivity index (χ2n) is 7.41. The zero-order valence-electron chi connectivity index (χ0n) is 16.5. The highest BCUT2D eigenvalue weighted by Crippen LogP contribution is 2.35. The van der Waals surface area contributed by atoms with Gasteiger partial charge in [-0.1, -0.05) is 18.7 Å². The lowest BCUT2D eigenvalue weighted by atomic mass is 9.97. The van der Waals surface area contributed by atoms with Crippen molar-refractivity contribution in [3.63, 3.8) is 0 Å². The van der Waals surface area contributed by atoms with Crippen LogP contribution in [-0.2, 0) is 23.1 Å². The average molecular weight is 449 g/mol. The minimum atomic E-state index is -2.37. The molecule has 4 unspecified atom stereocenters. The van der Waals surface area contributed by atoms with Gasteiger partial charge in [0.2, 0.25) is 0 Å². The molecule has 1 saturated heterocycles. The Morgan fingerprint density at radius 2 is 2.17 bits per heavy atom. The number of H-pyrrole nitrogens is 1. The number of aliphatic hydroxyl groups is 1. The van der Waals surface area contributed by atoms with E-state index in [1.54, 1.807) is 13.8 Å². The first-order chi connectivity index (χ1) is 13.6. The van der Waals surface area contributed by atoms with E-state index in [0.717, 1.165) is 11.8 Å². The molecule has 0 aliphatic carbocycles. The van der Waals surface area contributed by atoms with Gasteiger partial charge in [-0.3, -0.25) is 19.1 Å². The molecule has 0 aromatic carbocycles. The van der Waals surface area contributed by atoms with Crippen molar-refractivity contribution in [1.82, 2.24) is 9.55 Å². The number of aromatic nitrogens is 2. The molecule has 12 heteroatoms. The Hall–Kier alpha value is -1.36. The Balaban J connectivity index is 1.72. The molecule has 1 aromatic heterocycles. The van der Waals surface area contributed by atoms with Crippen molar-refractivity contribution in [2.75, 3.05) is 25.6 Å². The number of carbonyl (C=O) groups is 1. The van der Waals surface area contributed by atoms with Crippen molar-refractivity contribution in [1.29, 1.82) is 0 Å². The molecule has 2 rings (SSSR count). The quantitative estimate of drug-likeness (QED) is 0.401. The molecule has 162 valence electrons. The monoisotopic (exact) mass is 449 g/mol. The van der Waals surface area contributed by atoms with Gasteiger partial charge in [-0.15, -0.1) is 9.05 Å². The van der Waals surface area contributed by atoms with Crippen LogP contribution in [0.3, 0.4) is 0 Å². The van der Waals surface area contributed by atoms with E-state index in [1.165, 1.54) is 16.8 Å². The molecule has 4 atom stereocenters. The molecule has 1 aliphatic rings. The smallest absolute Gasteiger partial charge is 0.395 e. The van der Waals surface area contributed by atoms with Crippen LogP contribution in [0.1, 0.15) is 33.4 Å². The molecule has 0 amide bonds. The first-order valence-corrected chi connectivity index (χ1v) is 11.2. The molecule has 0 bridgehead atoms. The number of ether oxygens (including phenoxy) is 1. The Bertz CT molecular complexity index is 839. The summed E-state index contributed by atoms with van der Waals surface area (Å²) in [6, 6.07) is 1.25. The summed E-state index contributed by atoms with van der Waals surface area (Å²) in [6.07, 6.45) is 1.04. The number of hydrogen-bond acceptors (Lipinski definition) is 9. The van der Waals surface area contributed by atoms with Crippen LogP contribution in [0.5, 0.6) is 0 Å². The number of carbonyl (C=O) groups excluding carboxylic acids is 1. The highest BCUT2D eigenvalue weighted by atomic mass is 32.2. The molecule has 0 radical (unpaired) electrons. The Labute approximate surface area is 172 Å². The number of hydrogen-bond donors (Lipinski definition) is 2. The van der Waals surface area contributed by atoms with Crippen molar-refractivity contribution >= 4 is 25.1 Å². The van der Waals surface area contributed by atoms with Crippen molar-refractivity contribution in [2.24, 2.45) is 11.3 Å². The normalized spacial score (nSPS) is 22.6. The van der Waals surface area contributed by atoms with Gasteiger partial charge in [0, 0.05) is 28.5 Å². The van der Waals surface area contributed by atoms with Gasteiger partial charge in [-0.05, 0) is 20.3 Å². The molecule has 2 N–H and O–H groups in total. The van der Waals surface area contributed by atoms with Crippen LogP contribution >= 0.6 is 20.0 Å². The summed E-state index contributed by atoms with van der Waals surface area (Å²) in [5, 5.41) is 8.97. The average Bonchev–Trinajstić information content (AvgIpc) is 3.03. The number of nitrogens with zero attached hydrogens (tertiary/aromatic N) is 1. The molecule has 1 aliphatic heterocycles. The topological polar surface area (TPSA) is 137 Å². The Kier molecular flexibility index (Phi) is 8.74. The highest BCUT2D eigenvalue weighted by molar-refractivity contribution is 8.13. The maximum absolute atomic E-state index is 11.9. The summed E-state index contributed by atoms with van der Waals surface area (Å²) in [5.74, 6) is 0.282. The van der Waals surface area contributed by atoms with Crippen LogP contribution < -0.4 is 11.2 Å². The predicted octanol–water partition coefficient (Wildman–Crippen LogP) is 1.43. The van der Waals surface area contributed by atoms with Crippen molar-refractivity contribution in [3.8, 4) is 0 Å². The lowest BCUT2D eigenvalue weighted by molar-refractivity contribution is -0.119. The summed E-state index contributed by atoms with van der Waals surface area (Å²) < 4.78 is 29.2. The third kappa shape index (κ3) is 6.84. The molecular weight excluding hydrogens is 423 g/mol. The van der Waals surface area contributed by atoms with Gasteiger partial charge in [0.25, 0.3) is 5.56 Å². The summed E-state index contributed by atoms with van der Waals surface area (Å²) in [4.78, 5) is 37.1. The minimum Gasteiger partial charge on any atom is -0.395 e. The van der Waals surface area contributed by atoms with E-state index in [9.17, 15) is 18.9 Å². The van der Waals surface area contributed by atoms with Gasteiger partial charge in [0.15, 0.2) is 5.12 Å². The van der Waals surface area contributed by atoms with E-state index >= 15 is 0 Å². The highest BCUT2D eigenvalue weighted by Gasteiger charge is 2.36. The molecule has 1 fully saturated rings. The molecule has 1 aromatic rings. The minimum absolute atomic E-state index is 0.0108. The SMILES string of the molecule is CC1CC(CO[P+](=O)OCCSC(=O)C(C)(C)CO)OC1n1ccc(=O)[nH]c1=O. The molecule has 2 heterocycles. The number of thioether (sulfide) groups is 1. The zero-order valence-corrected chi connectivity index (χ0v) is 18.2. The van der Waals surface area contributed by atoms with E-state index in [-0.39, 0.29) is 37.0 Å². The van der Waals surface area contributed by atoms with E-state index in [1.807, 2.05) is 6.92 Å². The summed E-state index contributed by atoms with van der Waals surface area (Å²) >= 11 is 1.00. The van der Waals surface area contributed by atoms with Crippen LogP contribution in [0, 0.1) is 11.3 Å². The first kappa shape index (κ1) is 23.9. The fraction of sp³-hybridized carbons (Fsp3) is 0.706. The van der Waals surface area contributed by atoms with Crippen LogP contribution in [0.4, 0.5) is 0 Å². The first-order valence-electron chi connectivity index (χ1n) is 9.12. The fourth-order valence-electron chi connectivity index (χ4n) is 2.68. The second kappa shape index (κ2) is 10.6. The van der Waals surface area contributed by atoms with Crippen LogP contribution in [0.15, 0.2) is 21.9 Å². The standard InChI is InChI=1S/C17H25N2O8PS/c1-11-8-12(27-14(11)19-5-4-13(21)18-16(19)23)9-26-28(24)25-6-7-29-15(22)17(2,3)10-20/h4-5,11-12,14,20H,6-10H2,1-3H3/p+1. The largest absolute Gasteiger partial charge is 0.697 e. The number of aromatic amines is 1. The number of aliphatic hydroxyl groups excluding tert-OH is 1. The predicted molar refractivity (Wildman–Crippen MR) is 107 cm³/mol. The van der Waals surface area contributed by atoms with Crippen LogP contribution in [0.25, 0.3) is 0 Å². The van der Waals surface area contributed by atoms with Gasteiger partial charge in [0.05, 0.1) is 18.1 Å². The lowest BCUT2D eigenvalue weighted by Gasteiger charge is -2.18. The molecular formula is C17H26N2O8PS+. The summed E-state index contributed by atoms with van der Waals surface area (Å²) in [7, 11) is -2.37. The van der Waals surface area contributed by atoms with Crippen LogP contribution in [0.2, 0.25) is 0 Å². The van der Waals surface area contributed by atoms with Crippen molar-refractivity contribution in [2.45, 2.75) is 39.5 Å².